The monoisotopic (exact) mass is 277 g/mol. The van der Waals surface area contributed by atoms with Crippen LogP contribution in [0.4, 0.5) is 5.82 Å². The van der Waals surface area contributed by atoms with Gasteiger partial charge in [0.2, 0.25) is 0 Å². The van der Waals surface area contributed by atoms with E-state index in [1.165, 1.54) is 23.2 Å². The predicted octanol–water partition coefficient (Wildman–Crippen LogP) is 2.28. The first-order chi connectivity index (χ1) is 9.71. The van der Waals surface area contributed by atoms with Crippen LogP contribution in [0.15, 0.2) is 6.07 Å². The van der Waals surface area contributed by atoms with Gasteiger partial charge in [0.15, 0.2) is 0 Å². The summed E-state index contributed by atoms with van der Waals surface area (Å²) in [6.07, 6.45) is 4.56. The maximum atomic E-state index is 5.95. The SMILES string of the molecule is CCC(C)N(CCOC)c1nc2c(cc1CN)CCC2. The molecule has 4 heteroatoms. The van der Waals surface area contributed by atoms with Crippen molar-refractivity contribution < 1.29 is 4.74 Å². The molecule has 1 heterocycles. The Balaban J connectivity index is 2.35. The van der Waals surface area contributed by atoms with E-state index in [0.29, 0.717) is 19.2 Å². The molecule has 0 amide bonds. The molecule has 0 saturated heterocycles. The third-order valence-corrected chi connectivity index (χ3v) is 4.26. The Labute approximate surface area is 122 Å². The van der Waals surface area contributed by atoms with Gasteiger partial charge in [0.1, 0.15) is 5.82 Å². The second kappa shape index (κ2) is 7.04. The minimum atomic E-state index is 0.447. The number of aromatic nitrogens is 1. The van der Waals surface area contributed by atoms with Gasteiger partial charge < -0.3 is 15.4 Å². The number of hydrogen-bond donors (Lipinski definition) is 1. The van der Waals surface area contributed by atoms with Crippen molar-refractivity contribution in [3.05, 3.63) is 22.9 Å². The largest absolute Gasteiger partial charge is 0.383 e. The molecule has 1 unspecified atom stereocenters. The third-order valence-electron chi connectivity index (χ3n) is 4.26. The van der Waals surface area contributed by atoms with Gasteiger partial charge in [-0.2, -0.15) is 0 Å². The molecular weight excluding hydrogens is 250 g/mol. The molecule has 0 radical (unpaired) electrons. The van der Waals surface area contributed by atoms with Crippen molar-refractivity contribution in [3.8, 4) is 0 Å². The van der Waals surface area contributed by atoms with Gasteiger partial charge in [-0.25, -0.2) is 4.98 Å². The average molecular weight is 277 g/mol. The Morgan fingerprint density at radius 1 is 1.45 bits per heavy atom. The van der Waals surface area contributed by atoms with Crippen molar-refractivity contribution >= 4 is 5.82 Å². The van der Waals surface area contributed by atoms with Gasteiger partial charge in [0, 0.05) is 37.5 Å². The van der Waals surface area contributed by atoms with Crippen molar-refractivity contribution in [1.82, 2.24) is 4.98 Å². The van der Waals surface area contributed by atoms with Crippen LogP contribution < -0.4 is 10.6 Å². The van der Waals surface area contributed by atoms with E-state index in [4.69, 9.17) is 15.5 Å². The summed E-state index contributed by atoms with van der Waals surface area (Å²) in [6.45, 7) is 6.58. The maximum Gasteiger partial charge on any atom is 0.133 e. The lowest BCUT2D eigenvalue weighted by Gasteiger charge is -2.31. The molecule has 20 heavy (non-hydrogen) atoms. The molecule has 0 aromatic carbocycles. The molecule has 0 saturated carbocycles. The molecule has 0 bridgehead atoms. The fourth-order valence-electron chi connectivity index (χ4n) is 2.85. The van der Waals surface area contributed by atoms with Gasteiger partial charge >= 0.3 is 0 Å². The van der Waals surface area contributed by atoms with Crippen molar-refractivity contribution in [2.24, 2.45) is 5.73 Å². The van der Waals surface area contributed by atoms with Crippen LogP contribution >= 0.6 is 0 Å². The van der Waals surface area contributed by atoms with Gasteiger partial charge in [-0.1, -0.05) is 6.92 Å². The summed E-state index contributed by atoms with van der Waals surface area (Å²) in [4.78, 5) is 7.29. The summed E-state index contributed by atoms with van der Waals surface area (Å²) in [7, 11) is 1.74. The highest BCUT2D eigenvalue weighted by atomic mass is 16.5. The van der Waals surface area contributed by atoms with Crippen LogP contribution in [0, 0.1) is 0 Å². The lowest BCUT2D eigenvalue weighted by Crippen LogP contribution is -2.37. The molecule has 0 spiro atoms. The zero-order chi connectivity index (χ0) is 14.5. The summed E-state index contributed by atoms with van der Waals surface area (Å²) in [6, 6.07) is 2.72. The first-order valence-corrected chi connectivity index (χ1v) is 7.68. The van der Waals surface area contributed by atoms with Crippen molar-refractivity contribution in [2.75, 3.05) is 25.2 Å². The summed E-state index contributed by atoms with van der Waals surface area (Å²) < 4.78 is 5.25. The molecule has 1 aliphatic carbocycles. The number of anilines is 1. The smallest absolute Gasteiger partial charge is 0.133 e. The van der Waals surface area contributed by atoms with Gasteiger partial charge in [-0.15, -0.1) is 0 Å². The molecule has 4 nitrogen and oxygen atoms in total. The second-order valence-corrected chi connectivity index (χ2v) is 5.58. The van der Waals surface area contributed by atoms with Crippen LogP contribution in [0.3, 0.4) is 0 Å². The van der Waals surface area contributed by atoms with Crippen LogP contribution in [0.5, 0.6) is 0 Å². The molecule has 0 aliphatic heterocycles. The van der Waals surface area contributed by atoms with Gasteiger partial charge in [-0.05, 0) is 44.2 Å². The van der Waals surface area contributed by atoms with E-state index < -0.39 is 0 Å². The minimum Gasteiger partial charge on any atom is -0.383 e. The summed E-state index contributed by atoms with van der Waals surface area (Å²) in [5.74, 6) is 1.07. The zero-order valence-corrected chi connectivity index (χ0v) is 13.0. The van der Waals surface area contributed by atoms with Crippen molar-refractivity contribution in [1.29, 1.82) is 0 Å². The van der Waals surface area contributed by atoms with Crippen LogP contribution in [-0.4, -0.2) is 31.3 Å². The molecule has 1 aromatic rings. The van der Waals surface area contributed by atoms with E-state index in [0.717, 1.165) is 31.6 Å². The van der Waals surface area contributed by atoms with E-state index in [9.17, 15) is 0 Å². The molecule has 1 aliphatic rings. The first kappa shape index (κ1) is 15.3. The normalized spacial score (nSPS) is 15.2. The first-order valence-electron chi connectivity index (χ1n) is 7.68. The van der Waals surface area contributed by atoms with Crippen molar-refractivity contribution in [2.45, 2.75) is 52.1 Å². The summed E-state index contributed by atoms with van der Waals surface area (Å²) in [5.41, 5.74) is 9.78. The van der Waals surface area contributed by atoms with Crippen LogP contribution in [0.2, 0.25) is 0 Å². The van der Waals surface area contributed by atoms with E-state index in [1.807, 2.05) is 0 Å². The fraction of sp³-hybridized carbons (Fsp3) is 0.688. The predicted molar refractivity (Wildman–Crippen MR) is 83.1 cm³/mol. The van der Waals surface area contributed by atoms with Crippen LogP contribution in [-0.2, 0) is 24.1 Å². The number of aryl methyl sites for hydroxylation is 2. The van der Waals surface area contributed by atoms with Crippen LogP contribution in [0.1, 0.15) is 43.5 Å². The Bertz CT molecular complexity index is 448. The number of nitrogens with two attached hydrogens (primary N) is 1. The maximum absolute atomic E-state index is 5.95. The molecule has 2 N–H and O–H groups in total. The highest BCUT2D eigenvalue weighted by Crippen LogP contribution is 2.28. The lowest BCUT2D eigenvalue weighted by molar-refractivity contribution is 0.203. The van der Waals surface area contributed by atoms with E-state index >= 15 is 0 Å². The summed E-state index contributed by atoms with van der Waals surface area (Å²) >= 11 is 0. The highest BCUT2D eigenvalue weighted by Gasteiger charge is 2.21. The van der Waals surface area contributed by atoms with E-state index in [1.54, 1.807) is 7.11 Å². The Hall–Kier alpha value is -1.13. The number of hydrogen-bond acceptors (Lipinski definition) is 4. The van der Waals surface area contributed by atoms with E-state index in [2.05, 4.69) is 24.8 Å². The fourth-order valence-corrected chi connectivity index (χ4v) is 2.85. The Kier molecular flexibility index (Phi) is 5.38. The second-order valence-electron chi connectivity index (χ2n) is 5.58. The van der Waals surface area contributed by atoms with E-state index in [-0.39, 0.29) is 0 Å². The third kappa shape index (κ3) is 3.13. The zero-order valence-electron chi connectivity index (χ0n) is 13.0. The number of pyridine rings is 1. The minimum absolute atomic E-state index is 0.447. The Morgan fingerprint density at radius 2 is 2.25 bits per heavy atom. The molecule has 0 fully saturated rings. The molecule has 1 aromatic heterocycles. The quantitative estimate of drug-likeness (QED) is 0.831. The van der Waals surface area contributed by atoms with Gasteiger partial charge in [-0.3, -0.25) is 0 Å². The number of rotatable bonds is 7. The van der Waals surface area contributed by atoms with Crippen LogP contribution in [0.25, 0.3) is 0 Å². The van der Waals surface area contributed by atoms with Gasteiger partial charge in [0.05, 0.1) is 6.61 Å². The van der Waals surface area contributed by atoms with Crippen molar-refractivity contribution in [3.63, 3.8) is 0 Å². The molecular formula is C16H27N3O. The topological polar surface area (TPSA) is 51.4 Å². The standard InChI is InChI=1S/C16H27N3O/c1-4-12(2)19(8-9-20-3)16-14(11-17)10-13-6-5-7-15(13)18-16/h10,12H,4-9,11,17H2,1-3H3. The lowest BCUT2D eigenvalue weighted by atomic mass is 10.1. The number of methoxy groups -OCH3 is 1. The molecule has 112 valence electrons. The highest BCUT2D eigenvalue weighted by molar-refractivity contribution is 5.51. The number of fused-ring (bicyclic) bond motifs is 1. The summed E-state index contributed by atoms with van der Waals surface area (Å²) in [5, 5.41) is 0. The molecule has 2 rings (SSSR count). The number of ether oxygens (including phenoxy) is 1. The number of nitrogens with zero attached hydrogens (tertiary/aromatic N) is 2. The average Bonchev–Trinajstić information content (AvgIpc) is 2.93. The van der Waals surface area contributed by atoms with Gasteiger partial charge in [0.25, 0.3) is 0 Å². The molecule has 1 atom stereocenters. The Morgan fingerprint density at radius 3 is 2.90 bits per heavy atom.